The van der Waals surface area contributed by atoms with Gasteiger partial charge in [-0.2, -0.15) is 5.10 Å². The molecule has 52 heavy (non-hydrogen) atoms. The summed E-state index contributed by atoms with van der Waals surface area (Å²) in [5, 5.41) is 20.8. The number of amides is 3. The lowest BCUT2D eigenvalue weighted by Crippen LogP contribution is -2.41. The molecular formula is C36H68N6O10. The summed E-state index contributed by atoms with van der Waals surface area (Å²) in [6, 6.07) is -1.12. The number of aliphatic carboxylic acids is 1. The summed E-state index contributed by atoms with van der Waals surface area (Å²) in [7, 11) is 0. The molecule has 0 aromatic carbocycles. The standard InChI is InChI=1S/C36H68N6O10/c1-30(43)28-51-26-24-50-23-21-40-35(46)29-52-27-25-49-22-20-39-33(44)19-18-31(36(47)48)41-34(45)17-15-13-11-9-7-5-3-2-4-6-8-10-12-14-16-32(37)42-38/h31H,2-29,38H2,1H3,(H2,37,42)(H,39,44)(H,40,46)(H,41,45)(H,47,48). The maximum absolute atomic E-state index is 12.3. The van der Waals surface area contributed by atoms with Crippen LogP contribution in [0.2, 0.25) is 0 Å². The molecule has 0 aliphatic rings. The highest BCUT2D eigenvalue weighted by Gasteiger charge is 2.20. The average Bonchev–Trinajstić information content (AvgIpc) is 3.11. The monoisotopic (exact) mass is 744 g/mol. The lowest BCUT2D eigenvalue weighted by atomic mass is 10.0. The molecule has 8 N–H and O–H groups in total. The lowest BCUT2D eigenvalue weighted by Gasteiger charge is -2.14. The summed E-state index contributed by atoms with van der Waals surface area (Å²) >= 11 is 0. The van der Waals surface area contributed by atoms with Gasteiger partial charge in [0.2, 0.25) is 17.7 Å². The third-order valence-electron chi connectivity index (χ3n) is 7.97. The molecule has 1 atom stereocenters. The van der Waals surface area contributed by atoms with Gasteiger partial charge < -0.3 is 51.6 Å². The predicted octanol–water partition coefficient (Wildman–Crippen LogP) is 2.70. The second-order valence-corrected chi connectivity index (χ2v) is 12.8. The summed E-state index contributed by atoms with van der Waals surface area (Å²) in [5.41, 5.74) is 5.59. The number of hydrogen-bond acceptors (Lipinski definition) is 11. The number of rotatable bonds is 38. The highest BCUT2D eigenvalue weighted by atomic mass is 16.5. The molecule has 3 amide bonds. The van der Waals surface area contributed by atoms with Crippen molar-refractivity contribution in [2.75, 3.05) is 65.9 Å². The molecule has 0 aromatic heterocycles. The molecule has 0 spiro atoms. The number of nitrogens with one attached hydrogen (secondary N) is 3. The predicted molar refractivity (Wildman–Crippen MR) is 198 cm³/mol. The molecule has 0 bridgehead atoms. The minimum absolute atomic E-state index is 0.00808. The number of hydrazone groups is 1. The first-order valence-corrected chi connectivity index (χ1v) is 19.0. The number of carboxylic acids is 1. The van der Waals surface area contributed by atoms with Crippen molar-refractivity contribution in [3.05, 3.63) is 0 Å². The third kappa shape index (κ3) is 35.1. The van der Waals surface area contributed by atoms with Gasteiger partial charge in [0.1, 0.15) is 25.1 Å². The Kier molecular flexibility index (Phi) is 33.7. The molecule has 0 saturated heterocycles. The van der Waals surface area contributed by atoms with Gasteiger partial charge in [0, 0.05) is 32.4 Å². The number of Topliss-reactive ketones (excluding diaryl/α,β-unsaturated/α-hetero) is 1. The number of unbranched alkanes of at least 4 members (excludes halogenated alkanes) is 13. The molecule has 302 valence electrons. The molecule has 0 aromatic rings. The molecule has 0 saturated carbocycles. The number of ketones is 1. The van der Waals surface area contributed by atoms with Crippen molar-refractivity contribution >= 4 is 35.3 Å². The average molecular weight is 745 g/mol. The van der Waals surface area contributed by atoms with Crippen LogP contribution in [0.25, 0.3) is 0 Å². The molecule has 0 aliphatic heterocycles. The zero-order chi connectivity index (χ0) is 38.5. The van der Waals surface area contributed by atoms with E-state index < -0.39 is 12.0 Å². The van der Waals surface area contributed by atoms with Crippen LogP contribution >= 0.6 is 0 Å². The van der Waals surface area contributed by atoms with Crippen molar-refractivity contribution in [1.29, 1.82) is 0 Å². The summed E-state index contributed by atoms with van der Waals surface area (Å²) < 4.78 is 20.9. The maximum atomic E-state index is 12.3. The smallest absolute Gasteiger partial charge is 0.326 e. The maximum Gasteiger partial charge on any atom is 0.326 e. The first kappa shape index (κ1) is 48.7. The number of nitrogens with two attached hydrogens (primary N) is 2. The zero-order valence-electron chi connectivity index (χ0n) is 31.6. The van der Waals surface area contributed by atoms with E-state index in [0.29, 0.717) is 38.6 Å². The van der Waals surface area contributed by atoms with E-state index in [0.717, 1.165) is 32.1 Å². The second-order valence-electron chi connectivity index (χ2n) is 12.8. The van der Waals surface area contributed by atoms with Gasteiger partial charge in [-0.25, -0.2) is 4.79 Å². The minimum atomic E-state index is -1.17. The summed E-state index contributed by atoms with van der Waals surface area (Å²) in [6.07, 6.45) is 17.1. The number of nitrogens with zero attached hydrogens (tertiary/aromatic N) is 1. The Bertz CT molecular complexity index is 985. The van der Waals surface area contributed by atoms with Crippen LogP contribution in [0, 0.1) is 0 Å². The van der Waals surface area contributed by atoms with E-state index in [2.05, 4.69) is 21.1 Å². The Labute approximate surface area is 310 Å². The number of ether oxygens (including phenoxy) is 4. The largest absolute Gasteiger partial charge is 0.480 e. The van der Waals surface area contributed by atoms with Gasteiger partial charge in [0.15, 0.2) is 5.78 Å². The molecule has 16 nitrogen and oxygen atoms in total. The Morgan fingerprint density at radius 2 is 1.02 bits per heavy atom. The van der Waals surface area contributed by atoms with Crippen molar-refractivity contribution < 1.29 is 48.0 Å². The van der Waals surface area contributed by atoms with Gasteiger partial charge in [0.25, 0.3) is 0 Å². The highest BCUT2D eigenvalue weighted by Crippen LogP contribution is 2.14. The Balaban J connectivity index is 3.66. The summed E-state index contributed by atoms with van der Waals surface area (Å²) in [5.74, 6) is 3.50. The van der Waals surface area contributed by atoms with Crippen LogP contribution in [0.3, 0.4) is 0 Å². The number of amidine groups is 1. The SMILES string of the molecule is CC(=O)COCCOCCNC(=O)COCCOCCNC(=O)CCC(NC(=O)CCCCCCCCCCCCCCCCC(N)=NN)C(=O)O. The fourth-order valence-corrected chi connectivity index (χ4v) is 5.06. The number of carbonyl (C=O) groups excluding carboxylic acids is 4. The molecule has 1 unspecified atom stereocenters. The van der Waals surface area contributed by atoms with Crippen molar-refractivity contribution in [3.63, 3.8) is 0 Å². The molecule has 0 rings (SSSR count). The molecular weight excluding hydrogens is 676 g/mol. The van der Waals surface area contributed by atoms with Crippen molar-refractivity contribution in [3.8, 4) is 0 Å². The first-order valence-electron chi connectivity index (χ1n) is 19.0. The van der Waals surface area contributed by atoms with Crippen molar-refractivity contribution in [1.82, 2.24) is 16.0 Å². The number of carbonyl (C=O) groups is 5. The Hall–Kier alpha value is -3.34. The van der Waals surface area contributed by atoms with Gasteiger partial charge in [-0.1, -0.05) is 77.0 Å². The van der Waals surface area contributed by atoms with Crippen LogP contribution < -0.4 is 27.5 Å². The Morgan fingerprint density at radius 1 is 0.577 bits per heavy atom. The molecule has 0 heterocycles. The Morgan fingerprint density at radius 3 is 1.50 bits per heavy atom. The zero-order valence-corrected chi connectivity index (χ0v) is 31.6. The number of hydrogen-bond donors (Lipinski definition) is 6. The van der Waals surface area contributed by atoms with Crippen LogP contribution in [0.1, 0.15) is 122 Å². The van der Waals surface area contributed by atoms with Crippen LogP contribution in [0.4, 0.5) is 0 Å². The highest BCUT2D eigenvalue weighted by molar-refractivity contribution is 5.84. The van der Waals surface area contributed by atoms with Crippen molar-refractivity contribution in [2.24, 2.45) is 16.7 Å². The van der Waals surface area contributed by atoms with Crippen LogP contribution in [0.5, 0.6) is 0 Å². The van der Waals surface area contributed by atoms with Crippen LogP contribution in [-0.4, -0.2) is 112 Å². The molecule has 16 heteroatoms. The van der Waals surface area contributed by atoms with E-state index in [-0.39, 0.29) is 82.3 Å². The first-order chi connectivity index (χ1) is 25.1. The normalized spacial score (nSPS) is 12.0. The van der Waals surface area contributed by atoms with Gasteiger partial charge in [-0.3, -0.25) is 19.2 Å². The molecule has 0 radical (unpaired) electrons. The van der Waals surface area contributed by atoms with E-state index in [1.165, 1.54) is 64.7 Å². The van der Waals surface area contributed by atoms with Crippen molar-refractivity contribution in [2.45, 2.75) is 129 Å². The van der Waals surface area contributed by atoms with Gasteiger partial charge >= 0.3 is 5.97 Å². The van der Waals surface area contributed by atoms with Gasteiger partial charge in [-0.15, -0.1) is 0 Å². The molecule has 0 fully saturated rings. The van der Waals surface area contributed by atoms with E-state index in [1.807, 2.05) is 0 Å². The second kappa shape index (κ2) is 36.0. The third-order valence-corrected chi connectivity index (χ3v) is 7.97. The van der Waals surface area contributed by atoms with Crippen LogP contribution in [0.15, 0.2) is 5.10 Å². The van der Waals surface area contributed by atoms with Gasteiger partial charge in [0.05, 0.1) is 39.6 Å². The van der Waals surface area contributed by atoms with Crippen LogP contribution in [-0.2, 0) is 42.9 Å². The summed E-state index contributed by atoms with van der Waals surface area (Å²) in [4.78, 5) is 58.5. The van der Waals surface area contributed by atoms with E-state index in [1.54, 1.807) is 0 Å². The molecule has 0 aliphatic carbocycles. The minimum Gasteiger partial charge on any atom is -0.480 e. The van der Waals surface area contributed by atoms with E-state index >= 15 is 0 Å². The summed E-state index contributed by atoms with van der Waals surface area (Å²) in [6.45, 7) is 3.51. The number of carboxylic acid groups (broad SMARTS) is 1. The fraction of sp³-hybridized carbons (Fsp3) is 0.833. The quantitative estimate of drug-likeness (QED) is 0.0176. The van der Waals surface area contributed by atoms with Gasteiger partial charge in [-0.05, 0) is 26.2 Å². The lowest BCUT2D eigenvalue weighted by molar-refractivity contribution is -0.142. The topological polar surface area (TPSA) is 243 Å². The van der Waals surface area contributed by atoms with E-state index in [4.69, 9.17) is 30.5 Å². The fourth-order valence-electron chi connectivity index (χ4n) is 5.06. The van der Waals surface area contributed by atoms with E-state index in [9.17, 15) is 29.1 Å².